The Hall–Kier alpha value is -2.41. The van der Waals surface area contributed by atoms with Crippen molar-refractivity contribution in [3.63, 3.8) is 0 Å². The van der Waals surface area contributed by atoms with Gasteiger partial charge in [-0.15, -0.1) is 12.4 Å². The average Bonchev–Trinajstić information content (AvgIpc) is 2.73. The zero-order chi connectivity index (χ0) is 19.9. The molecule has 3 N–H and O–H groups in total. The van der Waals surface area contributed by atoms with E-state index < -0.39 is 0 Å². The molecular formula is C22H28ClN3O3. The van der Waals surface area contributed by atoms with Crippen LogP contribution in [0.2, 0.25) is 0 Å². The maximum Gasteiger partial charge on any atom is 0.231 e. The number of carbonyl (C=O) groups excluding carboxylic acids is 2. The number of hydrogen-bond donors (Lipinski definition) is 2. The molecular weight excluding hydrogens is 390 g/mol. The van der Waals surface area contributed by atoms with Crippen molar-refractivity contribution in [3.05, 3.63) is 59.7 Å². The lowest BCUT2D eigenvalue weighted by Gasteiger charge is -2.29. The van der Waals surface area contributed by atoms with Crippen LogP contribution < -0.4 is 16.0 Å². The molecule has 0 aromatic heterocycles. The van der Waals surface area contributed by atoms with Crippen LogP contribution in [0.1, 0.15) is 24.0 Å². The fourth-order valence-electron chi connectivity index (χ4n) is 3.45. The van der Waals surface area contributed by atoms with Crippen LogP contribution >= 0.6 is 12.4 Å². The number of benzene rings is 2. The SMILES string of the molecule is COC(CN)CC(=O)Nc1ccc(CC(=O)N2CCCc3ccccc32)cc1.Cl. The molecule has 0 bridgehead atoms. The molecule has 3 rings (SSSR count). The van der Waals surface area contributed by atoms with Crippen LogP contribution in [0, 0.1) is 0 Å². The third-order valence-corrected chi connectivity index (χ3v) is 5.01. The Morgan fingerprint density at radius 3 is 2.59 bits per heavy atom. The zero-order valence-electron chi connectivity index (χ0n) is 16.6. The zero-order valence-corrected chi connectivity index (χ0v) is 17.4. The summed E-state index contributed by atoms with van der Waals surface area (Å²) in [5.74, 6) is -0.0548. The van der Waals surface area contributed by atoms with Gasteiger partial charge in [0.25, 0.3) is 0 Å². The lowest BCUT2D eigenvalue weighted by atomic mass is 10.0. The molecule has 7 heteroatoms. The lowest BCUT2D eigenvalue weighted by Crippen LogP contribution is -2.36. The molecule has 1 heterocycles. The van der Waals surface area contributed by atoms with Gasteiger partial charge in [-0.25, -0.2) is 0 Å². The van der Waals surface area contributed by atoms with Crippen molar-refractivity contribution in [2.75, 3.05) is 30.4 Å². The predicted octanol–water partition coefficient (Wildman–Crippen LogP) is 2.93. The van der Waals surface area contributed by atoms with Crippen molar-refractivity contribution in [2.24, 2.45) is 5.73 Å². The molecule has 0 aliphatic carbocycles. The lowest BCUT2D eigenvalue weighted by molar-refractivity contribution is -0.119. The fourth-order valence-corrected chi connectivity index (χ4v) is 3.45. The largest absolute Gasteiger partial charge is 0.380 e. The van der Waals surface area contributed by atoms with Crippen LogP contribution in [-0.4, -0.2) is 38.1 Å². The first-order valence-electron chi connectivity index (χ1n) is 9.60. The van der Waals surface area contributed by atoms with Crippen molar-refractivity contribution in [1.29, 1.82) is 0 Å². The molecule has 1 unspecified atom stereocenters. The quantitative estimate of drug-likeness (QED) is 0.725. The van der Waals surface area contributed by atoms with E-state index in [1.165, 1.54) is 12.7 Å². The number of methoxy groups -OCH3 is 1. The van der Waals surface area contributed by atoms with Crippen molar-refractivity contribution in [3.8, 4) is 0 Å². The monoisotopic (exact) mass is 417 g/mol. The summed E-state index contributed by atoms with van der Waals surface area (Å²) in [6.45, 7) is 1.05. The van der Waals surface area contributed by atoms with Crippen LogP contribution in [0.25, 0.3) is 0 Å². The van der Waals surface area contributed by atoms with Gasteiger partial charge < -0.3 is 20.7 Å². The fraction of sp³-hybridized carbons (Fsp3) is 0.364. The topological polar surface area (TPSA) is 84.7 Å². The molecule has 0 spiro atoms. The highest BCUT2D eigenvalue weighted by Crippen LogP contribution is 2.27. The van der Waals surface area contributed by atoms with Gasteiger partial charge in [-0.05, 0) is 42.2 Å². The predicted molar refractivity (Wildman–Crippen MR) is 118 cm³/mol. The van der Waals surface area contributed by atoms with E-state index in [0.29, 0.717) is 18.7 Å². The number of nitrogens with two attached hydrogens (primary N) is 1. The Morgan fingerprint density at radius 2 is 1.90 bits per heavy atom. The first kappa shape index (κ1) is 22.9. The molecule has 1 aliphatic heterocycles. The molecule has 2 amide bonds. The number of carbonyl (C=O) groups is 2. The summed E-state index contributed by atoms with van der Waals surface area (Å²) in [4.78, 5) is 26.7. The molecule has 0 saturated carbocycles. The van der Waals surface area contributed by atoms with Crippen molar-refractivity contribution in [2.45, 2.75) is 31.8 Å². The van der Waals surface area contributed by atoms with Crippen LogP contribution in [-0.2, 0) is 27.2 Å². The summed E-state index contributed by atoms with van der Waals surface area (Å²) < 4.78 is 5.13. The minimum absolute atomic E-state index is 0. The van der Waals surface area contributed by atoms with E-state index in [0.717, 1.165) is 30.6 Å². The van der Waals surface area contributed by atoms with Gasteiger partial charge in [-0.1, -0.05) is 30.3 Å². The third kappa shape index (κ3) is 6.03. The van der Waals surface area contributed by atoms with Gasteiger partial charge in [0, 0.05) is 31.6 Å². The van der Waals surface area contributed by atoms with Gasteiger partial charge in [0.15, 0.2) is 0 Å². The highest BCUT2D eigenvalue weighted by Gasteiger charge is 2.22. The van der Waals surface area contributed by atoms with Gasteiger partial charge in [-0.3, -0.25) is 9.59 Å². The molecule has 156 valence electrons. The molecule has 0 saturated heterocycles. The van der Waals surface area contributed by atoms with E-state index in [1.54, 1.807) is 0 Å². The first-order valence-corrected chi connectivity index (χ1v) is 9.60. The van der Waals surface area contributed by atoms with Crippen molar-refractivity contribution < 1.29 is 14.3 Å². The van der Waals surface area contributed by atoms with Crippen LogP contribution in [0.5, 0.6) is 0 Å². The van der Waals surface area contributed by atoms with Gasteiger partial charge in [0.1, 0.15) is 0 Å². The van der Waals surface area contributed by atoms with Crippen LogP contribution in [0.4, 0.5) is 11.4 Å². The third-order valence-electron chi connectivity index (χ3n) is 5.01. The molecule has 2 aromatic carbocycles. The average molecular weight is 418 g/mol. The molecule has 1 atom stereocenters. The highest BCUT2D eigenvalue weighted by molar-refractivity contribution is 5.96. The number of hydrogen-bond acceptors (Lipinski definition) is 4. The first-order chi connectivity index (χ1) is 13.6. The van der Waals surface area contributed by atoms with Gasteiger partial charge >= 0.3 is 0 Å². The van der Waals surface area contributed by atoms with E-state index >= 15 is 0 Å². The van der Waals surface area contributed by atoms with Crippen molar-refractivity contribution in [1.82, 2.24) is 0 Å². The number of nitrogens with zero attached hydrogens (tertiary/aromatic N) is 1. The molecule has 0 radical (unpaired) electrons. The maximum absolute atomic E-state index is 12.8. The van der Waals surface area contributed by atoms with Gasteiger partial charge in [-0.2, -0.15) is 0 Å². The Kier molecular flexibility index (Phi) is 8.64. The van der Waals surface area contributed by atoms with Gasteiger partial charge in [0.05, 0.1) is 18.9 Å². The number of para-hydroxylation sites is 1. The number of rotatable bonds is 7. The number of aryl methyl sites for hydroxylation is 1. The number of anilines is 2. The minimum atomic E-state index is -0.288. The highest BCUT2D eigenvalue weighted by atomic mass is 35.5. The van der Waals surface area contributed by atoms with Crippen molar-refractivity contribution >= 4 is 35.6 Å². The maximum atomic E-state index is 12.8. The summed E-state index contributed by atoms with van der Waals surface area (Å²) in [5, 5.41) is 2.83. The van der Waals surface area contributed by atoms with Crippen LogP contribution in [0.3, 0.4) is 0 Å². The molecule has 29 heavy (non-hydrogen) atoms. The smallest absolute Gasteiger partial charge is 0.231 e. The Labute approximate surface area is 177 Å². The number of fused-ring (bicyclic) bond motifs is 1. The van der Waals surface area contributed by atoms with E-state index in [1.807, 2.05) is 47.4 Å². The van der Waals surface area contributed by atoms with Crippen LogP contribution in [0.15, 0.2) is 48.5 Å². The summed E-state index contributed by atoms with van der Waals surface area (Å²) in [7, 11) is 1.54. The molecule has 6 nitrogen and oxygen atoms in total. The second-order valence-corrected chi connectivity index (χ2v) is 7.00. The number of nitrogens with one attached hydrogen (secondary N) is 1. The summed E-state index contributed by atoms with van der Waals surface area (Å²) in [6, 6.07) is 15.5. The normalized spacial score (nSPS) is 13.8. The molecule has 2 aromatic rings. The number of halogens is 1. The Morgan fingerprint density at radius 1 is 1.17 bits per heavy atom. The Bertz CT molecular complexity index is 822. The van der Waals surface area contributed by atoms with E-state index in [2.05, 4.69) is 11.4 Å². The summed E-state index contributed by atoms with van der Waals surface area (Å²) in [5.41, 5.74) is 9.40. The Balaban J connectivity index is 0.00000300. The minimum Gasteiger partial charge on any atom is -0.380 e. The van der Waals surface area contributed by atoms with E-state index in [9.17, 15) is 9.59 Å². The van der Waals surface area contributed by atoms with Gasteiger partial charge in [0.2, 0.25) is 11.8 Å². The summed E-state index contributed by atoms with van der Waals surface area (Å²) >= 11 is 0. The second-order valence-electron chi connectivity index (χ2n) is 7.00. The standard InChI is InChI=1S/C22H27N3O3.ClH/c1-28-19(15-23)14-21(26)24-18-10-8-16(9-11-18)13-22(27)25-12-4-6-17-5-2-3-7-20(17)25;/h2-3,5,7-11,19H,4,6,12-15,23H2,1H3,(H,24,26);1H. The van der Waals surface area contributed by atoms with E-state index in [4.69, 9.17) is 10.5 Å². The van der Waals surface area contributed by atoms with E-state index in [-0.39, 0.29) is 36.7 Å². The number of amides is 2. The summed E-state index contributed by atoms with van der Waals surface area (Å²) in [6.07, 6.45) is 2.26. The molecule has 0 fully saturated rings. The number of ether oxygens (including phenoxy) is 1. The molecule has 1 aliphatic rings. The second kappa shape index (κ2) is 11.0.